The van der Waals surface area contributed by atoms with Crippen molar-refractivity contribution in [3.63, 3.8) is 0 Å². The molecule has 1 amide bonds. The number of benzene rings is 2. The number of carbonyl (C=O) groups excluding carboxylic acids is 2. The fourth-order valence-corrected chi connectivity index (χ4v) is 3.43. The van der Waals surface area contributed by atoms with Gasteiger partial charge in [-0.2, -0.15) is 0 Å². The van der Waals surface area contributed by atoms with Gasteiger partial charge in [-0.15, -0.1) is 0 Å². The highest BCUT2D eigenvalue weighted by Crippen LogP contribution is 2.25. The van der Waals surface area contributed by atoms with Gasteiger partial charge in [0.15, 0.2) is 0 Å². The number of halogens is 2. The van der Waals surface area contributed by atoms with E-state index in [9.17, 15) is 18.4 Å². The Bertz CT molecular complexity index is 896. The average molecular weight is 433 g/mol. The highest BCUT2D eigenvalue weighted by atomic mass is 19.3. The largest absolute Gasteiger partial charge is 0.465 e. The van der Waals surface area contributed by atoms with E-state index in [2.05, 4.69) is 10.6 Å². The molecule has 1 aliphatic rings. The minimum Gasteiger partial charge on any atom is -0.465 e. The van der Waals surface area contributed by atoms with E-state index >= 15 is 0 Å². The first kappa shape index (κ1) is 22.6. The maximum Gasteiger partial charge on any atom is 0.411 e. The molecule has 1 unspecified atom stereocenters. The number of rotatable bonds is 7. The Morgan fingerprint density at radius 2 is 2.00 bits per heavy atom. The molecule has 1 atom stereocenters. The van der Waals surface area contributed by atoms with E-state index in [1.807, 2.05) is 30.3 Å². The maximum absolute atomic E-state index is 12.8. The van der Waals surface area contributed by atoms with Crippen molar-refractivity contribution >= 4 is 17.7 Å². The Hall–Kier alpha value is -3.04. The smallest absolute Gasteiger partial charge is 0.411 e. The number of nitrogens with zero attached hydrogens (tertiary/aromatic N) is 1. The van der Waals surface area contributed by atoms with Crippen LogP contribution in [0.5, 0.6) is 0 Å². The molecule has 3 rings (SSSR count). The number of alkyl halides is 2. The number of hydrogen-bond donors (Lipinski definition) is 2. The monoisotopic (exact) mass is 433 g/mol. The van der Waals surface area contributed by atoms with Crippen LogP contribution in [0.4, 0.5) is 19.3 Å². The Morgan fingerprint density at radius 1 is 1.23 bits per heavy atom. The van der Waals surface area contributed by atoms with Gasteiger partial charge in [-0.3, -0.25) is 10.2 Å². The van der Waals surface area contributed by atoms with Crippen molar-refractivity contribution in [1.82, 2.24) is 10.2 Å². The fraction of sp³-hybridized carbons (Fsp3) is 0.364. The van der Waals surface area contributed by atoms with Crippen LogP contribution in [0.3, 0.4) is 0 Å². The van der Waals surface area contributed by atoms with E-state index in [-0.39, 0.29) is 30.4 Å². The molecular weight excluding hydrogens is 408 g/mol. The molecule has 1 aliphatic heterocycles. The third-order valence-electron chi connectivity index (χ3n) is 4.96. The van der Waals surface area contributed by atoms with Crippen molar-refractivity contribution in [2.75, 3.05) is 38.6 Å². The number of esters is 1. The molecule has 2 aromatic rings. The number of ether oxygens (including phenoxy) is 2. The van der Waals surface area contributed by atoms with Gasteiger partial charge in [-0.25, -0.2) is 18.4 Å². The van der Waals surface area contributed by atoms with Gasteiger partial charge in [-0.05, 0) is 23.3 Å². The normalized spacial score (nSPS) is 16.7. The zero-order valence-corrected chi connectivity index (χ0v) is 17.1. The van der Waals surface area contributed by atoms with E-state index in [0.717, 1.165) is 11.1 Å². The second-order valence-electron chi connectivity index (χ2n) is 7.14. The van der Waals surface area contributed by atoms with E-state index in [1.165, 1.54) is 7.11 Å². The molecule has 0 spiro atoms. The third kappa shape index (κ3) is 6.47. The zero-order valence-electron chi connectivity index (χ0n) is 17.1. The molecule has 2 N–H and O–H groups in total. The summed E-state index contributed by atoms with van der Waals surface area (Å²) in [5.74, 6) is -0.610. The zero-order chi connectivity index (χ0) is 22.2. The molecule has 166 valence electrons. The molecule has 9 heteroatoms. The standard InChI is InChI=1S/C22H25F2N3O4/c1-30-21(28)17-8-7-16(19-12-27(10-9-25-19)13-20(23)24)11-18(17)26-22(29)31-14-15-5-3-2-4-6-15/h2-8,11,19-20,25H,9-10,12-14H2,1H3,(H,26,29). The Balaban J connectivity index is 1.74. The van der Waals surface area contributed by atoms with Crippen molar-refractivity contribution in [2.24, 2.45) is 0 Å². The first-order valence-electron chi connectivity index (χ1n) is 9.90. The van der Waals surface area contributed by atoms with E-state index < -0.39 is 18.5 Å². The van der Waals surface area contributed by atoms with Crippen LogP contribution in [-0.2, 0) is 16.1 Å². The molecule has 0 bridgehead atoms. The first-order chi connectivity index (χ1) is 15.0. The molecule has 2 aromatic carbocycles. The lowest BCUT2D eigenvalue weighted by Gasteiger charge is -2.34. The second-order valence-corrected chi connectivity index (χ2v) is 7.14. The summed E-state index contributed by atoms with van der Waals surface area (Å²) < 4.78 is 35.5. The summed E-state index contributed by atoms with van der Waals surface area (Å²) in [6.45, 7) is 1.25. The average Bonchev–Trinajstić information content (AvgIpc) is 2.77. The Labute approximate surface area is 179 Å². The lowest BCUT2D eigenvalue weighted by molar-refractivity contribution is 0.0601. The molecule has 31 heavy (non-hydrogen) atoms. The van der Waals surface area contributed by atoms with Crippen LogP contribution in [0.25, 0.3) is 0 Å². The molecule has 1 saturated heterocycles. The Morgan fingerprint density at radius 3 is 2.71 bits per heavy atom. The van der Waals surface area contributed by atoms with Gasteiger partial charge in [-0.1, -0.05) is 36.4 Å². The van der Waals surface area contributed by atoms with Gasteiger partial charge in [0, 0.05) is 25.7 Å². The number of methoxy groups -OCH3 is 1. The molecule has 0 saturated carbocycles. The van der Waals surface area contributed by atoms with Crippen molar-refractivity contribution in [3.8, 4) is 0 Å². The van der Waals surface area contributed by atoms with Crippen LogP contribution in [0.15, 0.2) is 48.5 Å². The summed E-state index contributed by atoms with van der Waals surface area (Å²) >= 11 is 0. The van der Waals surface area contributed by atoms with Crippen LogP contribution >= 0.6 is 0 Å². The van der Waals surface area contributed by atoms with Gasteiger partial charge < -0.3 is 14.8 Å². The van der Waals surface area contributed by atoms with Gasteiger partial charge >= 0.3 is 12.1 Å². The van der Waals surface area contributed by atoms with Gasteiger partial charge in [0.25, 0.3) is 6.43 Å². The summed E-state index contributed by atoms with van der Waals surface area (Å²) in [7, 11) is 1.25. The number of anilines is 1. The Kier molecular flexibility index (Phi) is 7.91. The molecule has 0 aliphatic carbocycles. The molecule has 0 radical (unpaired) electrons. The quantitative estimate of drug-likeness (QED) is 0.652. The van der Waals surface area contributed by atoms with Crippen LogP contribution in [0, 0.1) is 0 Å². The number of carbonyl (C=O) groups is 2. The molecule has 1 heterocycles. The highest BCUT2D eigenvalue weighted by Gasteiger charge is 2.24. The van der Waals surface area contributed by atoms with Crippen LogP contribution < -0.4 is 10.6 Å². The fourth-order valence-electron chi connectivity index (χ4n) is 3.43. The number of nitrogens with one attached hydrogen (secondary N) is 2. The van der Waals surface area contributed by atoms with Gasteiger partial charge in [0.2, 0.25) is 0 Å². The minimum atomic E-state index is -2.41. The minimum absolute atomic E-state index is 0.0761. The summed E-state index contributed by atoms with van der Waals surface area (Å²) in [6.07, 6.45) is -3.13. The summed E-state index contributed by atoms with van der Waals surface area (Å²) in [4.78, 5) is 26.1. The van der Waals surface area contributed by atoms with Crippen LogP contribution in [0.2, 0.25) is 0 Å². The number of piperazine rings is 1. The first-order valence-corrected chi connectivity index (χ1v) is 9.90. The molecule has 1 fully saturated rings. The van der Waals surface area contributed by atoms with Crippen LogP contribution in [0.1, 0.15) is 27.5 Å². The predicted octanol–water partition coefficient (Wildman–Crippen LogP) is 3.43. The lowest BCUT2D eigenvalue weighted by atomic mass is 10.0. The molecule has 0 aromatic heterocycles. The highest BCUT2D eigenvalue weighted by molar-refractivity contribution is 5.99. The second kappa shape index (κ2) is 10.8. The van der Waals surface area contributed by atoms with Crippen molar-refractivity contribution < 1.29 is 27.8 Å². The van der Waals surface area contributed by atoms with Crippen molar-refractivity contribution in [1.29, 1.82) is 0 Å². The molecular formula is C22H25F2N3O4. The maximum atomic E-state index is 12.8. The van der Waals surface area contributed by atoms with Gasteiger partial charge in [0.05, 0.1) is 24.9 Å². The SMILES string of the molecule is COC(=O)c1ccc(C2CN(CC(F)F)CCN2)cc1NC(=O)OCc1ccccc1. The summed E-state index contributed by atoms with van der Waals surface area (Å²) in [5.41, 5.74) is 1.98. The third-order valence-corrected chi connectivity index (χ3v) is 4.96. The van der Waals surface area contributed by atoms with Gasteiger partial charge in [0.1, 0.15) is 6.61 Å². The topological polar surface area (TPSA) is 79.9 Å². The van der Waals surface area contributed by atoms with E-state index in [0.29, 0.717) is 19.6 Å². The van der Waals surface area contributed by atoms with Crippen LogP contribution in [-0.4, -0.2) is 56.7 Å². The van der Waals surface area contributed by atoms with Crippen molar-refractivity contribution in [2.45, 2.75) is 19.1 Å². The van der Waals surface area contributed by atoms with E-state index in [4.69, 9.17) is 9.47 Å². The van der Waals surface area contributed by atoms with E-state index in [1.54, 1.807) is 23.1 Å². The number of amides is 1. The van der Waals surface area contributed by atoms with Crippen molar-refractivity contribution in [3.05, 3.63) is 65.2 Å². The lowest BCUT2D eigenvalue weighted by Crippen LogP contribution is -2.47. The number of hydrogen-bond acceptors (Lipinski definition) is 6. The predicted molar refractivity (Wildman–Crippen MR) is 111 cm³/mol. The summed E-state index contributed by atoms with van der Waals surface area (Å²) in [5, 5.41) is 5.88. The molecule has 7 nitrogen and oxygen atoms in total. The summed E-state index contributed by atoms with van der Waals surface area (Å²) in [6, 6.07) is 13.9.